The number of rotatable bonds is 5. The van der Waals surface area contributed by atoms with E-state index in [0.717, 1.165) is 18.2 Å². The molecule has 5 nitrogen and oxygen atoms in total. The van der Waals surface area contributed by atoms with Crippen LogP contribution >= 0.6 is 35.6 Å². The molecule has 2 aromatic rings. The van der Waals surface area contributed by atoms with Crippen LogP contribution in [0.5, 0.6) is 0 Å². The number of nitrogens with one attached hydrogen (secondary N) is 1. The van der Waals surface area contributed by atoms with Crippen LogP contribution in [0.4, 0.5) is 32.4 Å². The number of hydrogen-bond acceptors (Lipinski definition) is 4. The zero-order valence-corrected chi connectivity index (χ0v) is 19.0. The number of amides is 1. The number of alkyl halides is 3. The fraction of sp³-hybridized carbons (Fsp3) is 0.350. The van der Waals surface area contributed by atoms with Crippen molar-refractivity contribution in [3.05, 3.63) is 63.6 Å². The molecule has 2 aromatic carbocycles. The number of nitrogens with zero attached hydrogens (tertiary/aromatic N) is 1. The molecule has 13 heteroatoms. The lowest BCUT2D eigenvalue weighted by molar-refractivity contribution is -0.209. The van der Waals surface area contributed by atoms with Crippen molar-refractivity contribution in [1.29, 1.82) is 0 Å². The van der Waals surface area contributed by atoms with Crippen LogP contribution in [-0.4, -0.2) is 49.5 Å². The number of carbonyl (C=O) groups excluding carboxylic acids is 1. The molecule has 0 unspecified atom stereocenters. The normalized spacial score (nSPS) is 17.7. The molecule has 1 amide bonds. The van der Waals surface area contributed by atoms with E-state index >= 15 is 0 Å². The summed E-state index contributed by atoms with van der Waals surface area (Å²) in [6.07, 6.45) is -9.41. The van der Waals surface area contributed by atoms with Gasteiger partial charge in [0.15, 0.2) is 0 Å². The summed E-state index contributed by atoms with van der Waals surface area (Å²) in [5, 5.41) is 1.75. The number of anilines is 1. The van der Waals surface area contributed by atoms with E-state index in [9.17, 15) is 26.7 Å². The highest BCUT2D eigenvalue weighted by Gasteiger charge is 2.44. The lowest BCUT2D eigenvalue weighted by Gasteiger charge is -2.35. The van der Waals surface area contributed by atoms with E-state index in [2.05, 4.69) is 4.74 Å². The van der Waals surface area contributed by atoms with Gasteiger partial charge < -0.3 is 9.47 Å². The third-order valence-corrected chi connectivity index (χ3v) is 5.28. The topological polar surface area (TPSA) is 50.8 Å². The molecule has 1 heterocycles. The van der Waals surface area contributed by atoms with Crippen LogP contribution in [0.3, 0.4) is 0 Å². The van der Waals surface area contributed by atoms with Crippen LogP contribution in [0.2, 0.25) is 10.0 Å². The SMILES string of the molecule is Cl.O=C(Nc1ccc(Cl)c(F)c1)O[C@@H](CN1CCO[C@H](c2ccc(Cl)c(F)c2)C1)C(F)(F)F. The van der Waals surface area contributed by atoms with Crippen molar-refractivity contribution in [1.82, 2.24) is 4.90 Å². The fourth-order valence-electron chi connectivity index (χ4n) is 3.08. The molecule has 182 valence electrons. The van der Waals surface area contributed by atoms with Gasteiger partial charge in [-0.1, -0.05) is 29.3 Å². The first kappa shape index (κ1) is 27.4. The van der Waals surface area contributed by atoms with Crippen molar-refractivity contribution in [3.63, 3.8) is 0 Å². The lowest BCUT2D eigenvalue weighted by Crippen LogP contribution is -2.48. The maximum absolute atomic E-state index is 13.7. The summed E-state index contributed by atoms with van der Waals surface area (Å²) in [6, 6.07) is 7.22. The summed E-state index contributed by atoms with van der Waals surface area (Å²) in [5.41, 5.74) is 0.303. The van der Waals surface area contributed by atoms with Crippen LogP contribution in [0, 0.1) is 11.6 Å². The molecule has 0 spiro atoms. The van der Waals surface area contributed by atoms with Crippen LogP contribution < -0.4 is 5.32 Å². The van der Waals surface area contributed by atoms with Gasteiger partial charge in [0.25, 0.3) is 0 Å². The van der Waals surface area contributed by atoms with Crippen molar-refractivity contribution in [2.45, 2.75) is 18.4 Å². The van der Waals surface area contributed by atoms with Crippen molar-refractivity contribution >= 4 is 47.4 Å². The van der Waals surface area contributed by atoms with Crippen molar-refractivity contribution in [2.75, 3.05) is 31.6 Å². The molecule has 1 saturated heterocycles. The van der Waals surface area contributed by atoms with Crippen molar-refractivity contribution in [2.24, 2.45) is 0 Å². The van der Waals surface area contributed by atoms with Crippen LogP contribution in [0.15, 0.2) is 36.4 Å². The summed E-state index contributed by atoms with van der Waals surface area (Å²) in [6.45, 7) is -0.412. The van der Waals surface area contributed by atoms with Gasteiger partial charge in [-0.25, -0.2) is 13.6 Å². The molecule has 1 fully saturated rings. The number of hydrogen-bond donors (Lipinski definition) is 1. The monoisotopic (exact) mass is 534 g/mol. The largest absolute Gasteiger partial charge is 0.435 e. The Hall–Kier alpha value is -1.85. The smallest absolute Gasteiger partial charge is 0.426 e. The molecule has 1 aliphatic rings. The van der Waals surface area contributed by atoms with Gasteiger partial charge in [0.05, 0.1) is 22.8 Å². The minimum absolute atomic E-state index is 0. The molecule has 0 aromatic heterocycles. The van der Waals surface area contributed by atoms with Crippen LogP contribution in [-0.2, 0) is 9.47 Å². The molecular weight excluding hydrogens is 518 g/mol. The van der Waals surface area contributed by atoms with E-state index in [1.54, 1.807) is 0 Å². The molecule has 1 aliphatic heterocycles. The summed E-state index contributed by atoms with van der Waals surface area (Å²) in [5.74, 6) is -1.52. The highest BCUT2D eigenvalue weighted by atomic mass is 35.5. The van der Waals surface area contributed by atoms with Gasteiger partial charge >= 0.3 is 12.3 Å². The van der Waals surface area contributed by atoms with Gasteiger partial charge in [-0.3, -0.25) is 10.2 Å². The van der Waals surface area contributed by atoms with Crippen molar-refractivity contribution < 1.29 is 36.2 Å². The second-order valence-electron chi connectivity index (χ2n) is 6.98. The molecule has 1 N–H and O–H groups in total. The molecule has 0 radical (unpaired) electrons. The molecular formula is C20H18Cl3F5N2O3. The Bertz CT molecular complexity index is 980. The lowest BCUT2D eigenvalue weighted by atomic mass is 10.1. The average molecular weight is 536 g/mol. The summed E-state index contributed by atoms with van der Waals surface area (Å²) in [7, 11) is 0. The van der Waals surface area contributed by atoms with E-state index in [-0.39, 0.29) is 47.8 Å². The highest BCUT2D eigenvalue weighted by Crippen LogP contribution is 2.29. The van der Waals surface area contributed by atoms with Crippen molar-refractivity contribution in [3.8, 4) is 0 Å². The summed E-state index contributed by atoms with van der Waals surface area (Å²) < 4.78 is 77.8. The predicted molar refractivity (Wildman–Crippen MR) is 115 cm³/mol. The van der Waals surface area contributed by atoms with E-state index < -0.39 is 42.7 Å². The van der Waals surface area contributed by atoms with Crippen LogP contribution in [0.25, 0.3) is 0 Å². The Morgan fingerprint density at radius 2 is 1.79 bits per heavy atom. The van der Waals surface area contributed by atoms with Gasteiger partial charge in [-0.15, -0.1) is 12.4 Å². The van der Waals surface area contributed by atoms with Crippen LogP contribution in [0.1, 0.15) is 11.7 Å². The molecule has 0 bridgehead atoms. The Morgan fingerprint density at radius 3 is 2.39 bits per heavy atom. The zero-order valence-electron chi connectivity index (χ0n) is 16.7. The minimum Gasteiger partial charge on any atom is -0.435 e. The maximum atomic E-state index is 13.7. The average Bonchev–Trinajstić information content (AvgIpc) is 2.72. The third kappa shape index (κ3) is 7.58. The van der Waals surface area contributed by atoms with E-state index in [1.165, 1.54) is 23.1 Å². The second-order valence-corrected chi connectivity index (χ2v) is 7.80. The molecule has 3 rings (SSSR count). The number of morpholine rings is 1. The fourth-order valence-corrected chi connectivity index (χ4v) is 3.31. The summed E-state index contributed by atoms with van der Waals surface area (Å²) in [4.78, 5) is 13.4. The minimum atomic E-state index is -4.86. The van der Waals surface area contributed by atoms with Gasteiger partial charge in [-0.05, 0) is 35.9 Å². The zero-order chi connectivity index (χ0) is 23.5. The first-order valence-electron chi connectivity index (χ1n) is 9.31. The highest BCUT2D eigenvalue weighted by molar-refractivity contribution is 6.31. The molecule has 33 heavy (non-hydrogen) atoms. The Balaban J connectivity index is 0.00000385. The molecule has 2 atom stereocenters. The number of benzene rings is 2. The number of carbonyl (C=O) groups is 1. The predicted octanol–water partition coefficient (Wildman–Crippen LogP) is 6.25. The van der Waals surface area contributed by atoms with Gasteiger partial charge in [0.2, 0.25) is 6.10 Å². The van der Waals surface area contributed by atoms with E-state index in [0.29, 0.717) is 5.56 Å². The quantitative estimate of drug-likeness (QED) is 0.460. The Labute approximate surface area is 202 Å². The van der Waals surface area contributed by atoms with E-state index in [1.807, 2.05) is 5.32 Å². The van der Waals surface area contributed by atoms with Gasteiger partial charge in [-0.2, -0.15) is 13.2 Å². The third-order valence-electron chi connectivity index (χ3n) is 4.67. The van der Waals surface area contributed by atoms with Gasteiger partial charge in [0.1, 0.15) is 11.6 Å². The number of ether oxygens (including phenoxy) is 2. The first-order valence-corrected chi connectivity index (χ1v) is 10.1. The molecule has 0 aliphatic carbocycles. The maximum Gasteiger partial charge on any atom is 0.426 e. The van der Waals surface area contributed by atoms with Gasteiger partial charge in [0, 0.05) is 25.3 Å². The standard InChI is InChI=1S/C20H17Cl2F5N2O3.ClH/c21-13-3-1-11(7-15(13)23)17-9-29(5-6-31-17)10-18(20(25,26)27)32-19(30)28-12-2-4-14(22)16(24)8-12;/h1-4,7-8,17-18H,5-6,9-10H2,(H,28,30);1H/t17-,18-;/m0./s1. The van der Waals surface area contributed by atoms with E-state index in [4.69, 9.17) is 27.9 Å². The Morgan fingerprint density at radius 1 is 1.15 bits per heavy atom. The first-order chi connectivity index (χ1) is 15.0. The Kier molecular flexibility index (Phi) is 9.57. The molecule has 0 saturated carbocycles. The second kappa shape index (κ2) is 11.5. The summed E-state index contributed by atoms with van der Waals surface area (Å²) >= 11 is 11.2. The number of halogens is 8.